The largest absolute Gasteiger partial charge is 0.383 e. The molecule has 1 amide bonds. The maximum atomic E-state index is 12.2. The molecule has 1 heterocycles. The molecule has 0 atom stereocenters. The number of thiophene rings is 1. The van der Waals surface area contributed by atoms with Crippen LogP contribution in [0.15, 0.2) is 12.1 Å². The van der Waals surface area contributed by atoms with Crippen LogP contribution in [0.25, 0.3) is 0 Å². The lowest BCUT2D eigenvalue weighted by Crippen LogP contribution is -2.33. The Morgan fingerprint density at radius 3 is 2.94 bits per heavy atom. The summed E-state index contributed by atoms with van der Waals surface area (Å²) in [7, 11) is 1.63. The van der Waals surface area contributed by atoms with E-state index in [0.717, 1.165) is 4.88 Å². The minimum atomic E-state index is 0.0281. The molecule has 0 aliphatic rings. The van der Waals surface area contributed by atoms with Crippen LogP contribution in [0.4, 0.5) is 0 Å². The summed E-state index contributed by atoms with van der Waals surface area (Å²) in [4.78, 5) is 15.5. The molecule has 0 aliphatic heterocycles. The van der Waals surface area contributed by atoms with Crippen LogP contribution in [0.3, 0.4) is 0 Å². The molecule has 0 saturated heterocycles. The fraction of sp³-hybridized carbons (Fsp3) is 0.462. The molecule has 1 aromatic rings. The molecule has 0 aromatic carbocycles. The van der Waals surface area contributed by atoms with E-state index < -0.39 is 0 Å². The van der Waals surface area contributed by atoms with Crippen molar-refractivity contribution >= 4 is 17.2 Å². The van der Waals surface area contributed by atoms with Gasteiger partial charge in [-0.15, -0.1) is 11.3 Å². The molecular weight excluding hydrogens is 248 g/mol. The summed E-state index contributed by atoms with van der Waals surface area (Å²) >= 11 is 1.40. The third-order valence-corrected chi connectivity index (χ3v) is 3.35. The monoisotopic (exact) mass is 266 g/mol. The molecular formula is C13H18N2O2S. The molecule has 98 valence electrons. The zero-order chi connectivity index (χ0) is 13.4. The van der Waals surface area contributed by atoms with Gasteiger partial charge in [-0.2, -0.15) is 0 Å². The van der Waals surface area contributed by atoms with Crippen LogP contribution in [0.2, 0.25) is 0 Å². The molecule has 5 heteroatoms. The van der Waals surface area contributed by atoms with Gasteiger partial charge >= 0.3 is 0 Å². The van der Waals surface area contributed by atoms with E-state index in [0.29, 0.717) is 31.1 Å². The summed E-state index contributed by atoms with van der Waals surface area (Å²) in [5, 5.41) is 0. The third-order valence-electron chi connectivity index (χ3n) is 2.36. The fourth-order valence-electron chi connectivity index (χ4n) is 1.42. The van der Waals surface area contributed by atoms with Crippen molar-refractivity contribution in [2.24, 2.45) is 5.73 Å². The van der Waals surface area contributed by atoms with Gasteiger partial charge in [0, 0.05) is 20.2 Å². The van der Waals surface area contributed by atoms with E-state index >= 15 is 0 Å². The predicted octanol–water partition coefficient (Wildman–Crippen LogP) is 1.17. The second kappa shape index (κ2) is 7.88. The molecule has 0 fully saturated rings. The standard InChI is InChI=1S/C13H18N2O2S/c1-3-15(9-10-17-2)13(16)12-7-6-11(18-12)5-4-8-14/h6-7H,3,8-10,14H2,1-2H3. The number of hydrogen-bond donors (Lipinski definition) is 1. The van der Waals surface area contributed by atoms with Crippen molar-refractivity contribution in [1.29, 1.82) is 0 Å². The zero-order valence-corrected chi connectivity index (χ0v) is 11.5. The Balaban J connectivity index is 2.72. The van der Waals surface area contributed by atoms with Crippen molar-refractivity contribution in [3.63, 3.8) is 0 Å². The van der Waals surface area contributed by atoms with E-state index in [4.69, 9.17) is 10.5 Å². The van der Waals surface area contributed by atoms with Crippen LogP contribution >= 0.6 is 11.3 Å². The van der Waals surface area contributed by atoms with Gasteiger partial charge in [-0.25, -0.2) is 0 Å². The molecule has 1 aromatic heterocycles. The second-order valence-electron chi connectivity index (χ2n) is 3.55. The van der Waals surface area contributed by atoms with Gasteiger partial charge in [-0.05, 0) is 19.1 Å². The lowest BCUT2D eigenvalue weighted by molar-refractivity contribution is 0.0711. The number of nitrogens with two attached hydrogens (primary N) is 1. The van der Waals surface area contributed by atoms with Gasteiger partial charge in [0.25, 0.3) is 5.91 Å². The first kappa shape index (κ1) is 14.7. The minimum absolute atomic E-state index is 0.0281. The molecule has 0 saturated carbocycles. The SMILES string of the molecule is CCN(CCOC)C(=O)c1ccc(C#CCN)s1. The summed E-state index contributed by atoms with van der Waals surface area (Å²) < 4.78 is 4.99. The zero-order valence-electron chi connectivity index (χ0n) is 10.7. The summed E-state index contributed by atoms with van der Waals surface area (Å²) in [5.41, 5.74) is 5.31. The number of carbonyl (C=O) groups is 1. The van der Waals surface area contributed by atoms with Gasteiger partial charge in [-0.1, -0.05) is 11.8 Å². The van der Waals surface area contributed by atoms with Gasteiger partial charge in [0.2, 0.25) is 0 Å². The number of carbonyl (C=O) groups excluding carboxylic acids is 1. The molecule has 18 heavy (non-hydrogen) atoms. The van der Waals surface area contributed by atoms with Gasteiger partial charge < -0.3 is 15.4 Å². The van der Waals surface area contributed by atoms with Crippen LogP contribution < -0.4 is 5.73 Å². The Morgan fingerprint density at radius 2 is 2.33 bits per heavy atom. The predicted molar refractivity (Wildman–Crippen MR) is 73.7 cm³/mol. The summed E-state index contributed by atoms with van der Waals surface area (Å²) in [5.74, 6) is 5.73. The first-order valence-electron chi connectivity index (χ1n) is 5.79. The lowest BCUT2D eigenvalue weighted by atomic mass is 10.3. The van der Waals surface area contributed by atoms with E-state index in [-0.39, 0.29) is 5.91 Å². The Bertz CT molecular complexity index is 445. The Labute approximate surface area is 112 Å². The number of ether oxygens (including phenoxy) is 1. The highest BCUT2D eigenvalue weighted by atomic mass is 32.1. The number of hydrogen-bond acceptors (Lipinski definition) is 4. The molecule has 1 rings (SSSR count). The summed E-state index contributed by atoms with van der Waals surface area (Å²) in [6.45, 7) is 4.11. The number of likely N-dealkylation sites (N-methyl/N-ethyl adjacent to an activating group) is 1. The van der Waals surface area contributed by atoms with Crippen LogP contribution in [-0.2, 0) is 4.74 Å². The average Bonchev–Trinajstić information content (AvgIpc) is 2.85. The van der Waals surface area contributed by atoms with Crippen molar-refractivity contribution in [3.05, 3.63) is 21.9 Å². The van der Waals surface area contributed by atoms with Crippen LogP contribution in [0.1, 0.15) is 21.5 Å². The van der Waals surface area contributed by atoms with Gasteiger partial charge in [0.15, 0.2) is 0 Å². The third kappa shape index (κ3) is 4.15. The first-order valence-corrected chi connectivity index (χ1v) is 6.61. The van der Waals surface area contributed by atoms with Crippen LogP contribution in [-0.4, -0.2) is 44.2 Å². The van der Waals surface area contributed by atoms with Crippen molar-refractivity contribution in [1.82, 2.24) is 4.90 Å². The highest BCUT2D eigenvalue weighted by Gasteiger charge is 2.15. The maximum absolute atomic E-state index is 12.2. The van der Waals surface area contributed by atoms with Crippen LogP contribution in [0.5, 0.6) is 0 Å². The highest BCUT2D eigenvalue weighted by Crippen LogP contribution is 2.17. The first-order chi connectivity index (χ1) is 8.72. The van der Waals surface area contributed by atoms with Crippen LogP contribution in [0, 0.1) is 11.8 Å². The highest BCUT2D eigenvalue weighted by molar-refractivity contribution is 7.14. The molecule has 0 spiro atoms. The van der Waals surface area contributed by atoms with Gasteiger partial charge in [0.1, 0.15) is 0 Å². The van der Waals surface area contributed by atoms with E-state index in [2.05, 4.69) is 11.8 Å². The average molecular weight is 266 g/mol. The van der Waals surface area contributed by atoms with Gasteiger partial charge in [0.05, 0.1) is 22.9 Å². The summed E-state index contributed by atoms with van der Waals surface area (Å²) in [6.07, 6.45) is 0. The Kier molecular flexibility index (Phi) is 6.44. The van der Waals surface area contributed by atoms with Crippen molar-refractivity contribution < 1.29 is 9.53 Å². The number of amides is 1. The maximum Gasteiger partial charge on any atom is 0.264 e. The van der Waals surface area contributed by atoms with E-state index in [9.17, 15) is 4.79 Å². The quantitative estimate of drug-likeness (QED) is 0.814. The molecule has 2 N–H and O–H groups in total. The second-order valence-corrected chi connectivity index (χ2v) is 4.63. The lowest BCUT2D eigenvalue weighted by Gasteiger charge is -2.19. The fourth-order valence-corrected chi connectivity index (χ4v) is 2.27. The minimum Gasteiger partial charge on any atom is -0.383 e. The molecule has 0 bridgehead atoms. The van der Waals surface area contributed by atoms with Crippen molar-refractivity contribution in [2.45, 2.75) is 6.92 Å². The smallest absolute Gasteiger partial charge is 0.264 e. The van der Waals surface area contributed by atoms with Crippen molar-refractivity contribution in [3.8, 4) is 11.8 Å². The Morgan fingerprint density at radius 1 is 1.56 bits per heavy atom. The molecule has 4 nitrogen and oxygen atoms in total. The normalized spacial score (nSPS) is 9.72. The number of nitrogens with zero attached hydrogens (tertiary/aromatic N) is 1. The molecule has 0 aliphatic carbocycles. The molecule has 0 unspecified atom stereocenters. The summed E-state index contributed by atoms with van der Waals surface area (Å²) in [6, 6.07) is 3.66. The van der Waals surface area contributed by atoms with Gasteiger partial charge in [-0.3, -0.25) is 4.79 Å². The Hall–Kier alpha value is -1.35. The molecule has 0 radical (unpaired) electrons. The van der Waals surface area contributed by atoms with E-state index in [1.165, 1.54) is 11.3 Å². The number of methoxy groups -OCH3 is 1. The topological polar surface area (TPSA) is 55.6 Å². The van der Waals surface area contributed by atoms with E-state index in [1.807, 2.05) is 19.1 Å². The number of rotatable bonds is 5. The van der Waals surface area contributed by atoms with E-state index in [1.54, 1.807) is 12.0 Å². The van der Waals surface area contributed by atoms with Crippen molar-refractivity contribution in [2.75, 3.05) is 33.4 Å².